The van der Waals surface area contributed by atoms with Crippen molar-refractivity contribution in [3.05, 3.63) is 53.6 Å². The highest BCUT2D eigenvalue weighted by atomic mass is 16.3. The number of aromatic hydroxyl groups is 1. The molecule has 0 bridgehead atoms. The van der Waals surface area contributed by atoms with E-state index in [2.05, 4.69) is 5.32 Å². The number of pyridine rings is 1. The highest BCUT2D eigenvalue weighted by Crippen LogP contribution is 2.32. The second-order valence-electron chi connectivity index (χ2n) is 6.81. The van der Waals surface area contributed by atoms with Crippen LogP contribution < -0.4 is 5.32 Å². The maximum atomic E-state index is 12.1. The number of nitrogens with one attached hydrogen (secondary N) is 1. The zero-order chi connectivity index (χ0) is 18.8. The van der Waals surface area contributed by atoms with Crippen molar-refractivity contribution in [2.24, 2.45) is 0 Å². The van der Waals surface area contributed by atoms with E-state index in [4.69, 9.17) is 4.98 Å². The molecule has 3 aromatic rings. The smallest absolute Gasteiger partial charge is 0.238 e. The number of phenolic OH excluding ortho intramolecular Hbond substituents is 1. The summed E-state index contributed by atoms with van der Waals surface area (Å²) in [5, 5.41) is 14.1. The van der Waals surface area contributed by atoms with Crippen LogP contribution in [0.1, 0.15) is 11.1 Å². The third kappa shape index (κ3) is 3.68. The molecule has 0 spiro atoms. The molecule has 5 heteroatoms. The number of carbonyl (C=O) groups excluding carboxylic acids is 1. The van der Waals surface area contributed by atoms with E-state index >= 15 is 0 Å². The molecule has 2 N–H and O–H groups in total. The lowest BCUT2D eigenvalue weighted by Gasteiger charge is -2.14. The van der Waals surface area contributed by atoms with E-state index < -0.39 is 0 Å². The Labute approximate surface area is 153 Å². The molecule has 134 valence electrons. The van der Waals surface area contributed by atoms with Crippen molar-refractivity contribution in [3.8, 4) is 17.0 Å². The molecule has 0 atom stereocenters. The van der Waals surface area contributed by atoms with Crippen molar-refractivity contribution >= 4 is 22.5 Å². The summed E-state index contributed by atoms with van der Waals surface area (Å²) >= 11 is 0. The number of para-hydroxylation sites is 1. The molecular weight excluding hydrogens is 326 g/mol. The quantitative estimate of drug-likeness (QED) is 0.753. The first-order valence-electron chi connectivity index (χ1n) is 8.50. The molecule has 0 radical (unpaired) electrons. The summed E-state index contributed by atoms with van der Waals surface area (Å²) in [5.41, 5.74) is 5.01. The summed E-state index contributed by atoms with van der Waals surface area (Å²) in [5.74, 6) is 0.136. The molecule has 0 aliphatic rings. The van der Waals surface area contributed by atoms with E-state index in [0.717, 1.165) is 27.7 Å². The summed E-state index contributed by atoms with van der Waals surface area (Å²) < 4.78 is 0. The van der Waals surface area contributed by atoms with E-state index in [-0.39, 0.29) is 11.7 Å². The largest absolute Gasteiger partial charge is 0.507 e. The van der Waals surface area contributed by atoms with Gasteiger partial charge in [0.15, 0.2) is 0 Å². The summed E-state index contributed by atoms with van der Waals surface area (Å²) in [6, 6.07) is 13.1. The Bertz CT molecular complexity index is 980. The number of phenols is 1. The second-order valence-corrected chi connectivity index (χ2v) is 6.81. The van der Waals surface area contributed by atoms with Crippen molar-refractivity contribution in [2.45, 2.75) is 13.8 Å². The van der Waals surface area contributed by atoms with Gasteiger partial charge in [0.25, 0.3) is 0 Å². The Morgan fingerprint density at radius 1 is 1.12 bits per heavy atom. The molecule has 0 saturated carbocycles. The van der Waals surface area contributed by atoms with Gasteiger partial charge in [-0.3, -0.25) is 4.79 Å². The Kier molecular flexibility index (Phi) is 4.91. The van der Waals surface area contributed by atoms with Crippen molar-refractivity contribution < 1.29 is 9.90 Å². The topological polar surface area (TPSA) is 65.5 Å². The van der Waals surface area contributed by atoms with E-state index in [1.165, 1.54) is 0 Å². The van der Waals surface area contributed by atoms with Crippen LogP contribution in [0.15, 0.2) is 42.5 Å². The number of aromatic nitrogens is 1. The van der Waals surface area contributed by atoms with E-state index in [0.29, 0.717) is 17.8 Å². The number of carbonyl (C=O) groups is 1. The summed E-state index contributed by atoms with van der Waals surface area (Å²) in [6.07, 6.45) is 0. The average Bonchev–Trinajstić information content (AvgIpc) is 2.56. The van der Waals surface area contributed by atoms with Crippen molar-refractivity contribution in [2.75, 3.05) is 26.0 Å². The Balaban J connectivity index is 2.07. The van der Waals surface area contributed by atoms with Gasteiger partial charge in [0.1, 0.15) is 5.75 Å². The number of rotatable bonds is 4. The number of hydrogen-bond acceptors (Lipinski definition) is 4. The summed E-state index contributed by atoms with van der Waals surface area (Å²) in [4.78, 5) is 18.6. The molecule has 1 heterocycles. The SMILES string of the molecule is Cc1cc2c(C)cc(-c3ccccc3O)nc2cc1NC(=O)CN(C)C. The van der Waals surface area contributed by atoms with Gasteiger partial charge >= 0.3 is 0 Å². The lowest BCUT2D eigenvalue weighted by atomic mass is 10.0. The fourth-order valence-electron chi connectivity index (χ4n) is 2.99. The Hall–Kier alpha value is -2.92. The minimum absolute atomic E-state index is 0.0639. The molecule has 1 aromatic heterocycles. The van der Waals surface area contributed by atoms with Crippen LogP contribution in [-0.2, 0) is 4.79 Å². The van der Waals surface area contributed by atoms with Gasteiger partial charge < -0.3 is 15.3 Å². The van der Waals surface area contributed by atoms with Crippen LogP contribution in [0.25, 0.3) is 22.2 Å². The fraction of sp³-hybridized carbons (Fsp3) is 0.238. The molecule has 0 unspecified atom stereocenters. The highest BCUT2D eigenvalue weighted by molar-refractivity contribution is 5.97. The number of aryl methyl sites for hydroxylation is 2. The van der Waals surface area contributed by atoms with Gasteiger partial charge in [-0.15, -0.1) is 0 Å². The zero-order valence-corrected chi connectivity index (χ0v) is 15.5. The molecule has 0 aliphatic carbocycles. The molecule has 0 saturated heterocycles. The number of likely N-dealkylation sites (N-methyl/N-ethyl adjacent to an activating group) is 1. The third-order valence-corrected chi connectivity index (χ3v) is 4.28. The van der Waals surface area contributed by atoms with Gasteiger partial charge in [-0.2, -0.15) is 0 Å². The first-order valence-corrected chi connectivity index (χ1v) is 8.50. The molecule has 1 amide bonds. The van der Waals surface area contributed by atoms with Crippen LogP contribution in [0.4, 0.5) is 5.69 Å². The first-order chi connectivity index (χ1) is 12.3. The lowest BCUT2D eigenvalue weighted by Crippen LogP contribution is -2.27. The van der Waals surface area contributed by atoms with Crippen LogP contribution >= 0.6 is 0 Å². The van der Waals surface area contributed by atoms with Crippen LogP contribution in [-0.4, -0.2) is 41.5 Å². The van der Waals surface area contributed by atoms with Crippen molar-refractivity contribution in [1.29, 1.82) is 0 Å². The van der Waals surface area contributed by atoms with E-state index in [9.17, 15) is 9.90 Å². The number of anilines is 1. The monoisotopic (exact) mass is 349 g/mol. The average molecular weight is 349 g/mol. The van der Waals surface area contributed by atoms with Crippen molar-refractivity contribution in [3.63, 3.8) is 0 Å². The Morgan fingerprint density at radius 3 is 2.54 bits per heavy atom. The van der Waals surface area contributed by atoms with Gasteiger partial charge in [0, 0.05) is 16.6 Å². The zero-order valence-electron chi connectivity index (χ0n) is 15.5. The maximum absolute atomic E-state index is 12.1. The van der Waals surface area contributed by atoms with Crippen molar-refractivity contribution in [1.82, 2.24) is 9.88 Å². The molecule has 2 aromatic carbocycles. The molecular formula is C21H23N3O2. The second kappa shape index (κ2) is 7.14. The summed E-state index contributed by atoms with van der Waals surface area (Å²) in [7, 11) is 3.71. The predicted molar refractivity (Wildman–Crippen MR) is 106 cm³/mol. The number of hydrogen-bond donors (Lipinski definition) is 2. The van der Waals surface area contributed by atoms with Gasteiger partial charge in [-0.1, -0.05) is 12.1 Å². The molecule has 0 fully saturated rings. The first kappa shape index (κ1) is 17.9. The van der Waals surface area contributed by atoms with Crippen LogP contribution in [0.5, 0.6) is 5.75 Å². The van der Waals surface area contributed by atoms with Crippen LogP contribution in [0.2, 0.25) is 0 Å². The maximum Gasteiger partial charge on any atom is 0.238 e. The number of benzene rings is 2. The normalized spacial score (nSPS) is 11.1. The number of nitrogens with zero attached hydrogens (tertiary/aromatic N) is 2. The number of fused-ring (bicyclic) bond motifs is 1. The van der Waals surface area contributed by atoms with E-state index in [1.54, 1.807) is 12.1 Å². The van der Waals surface area contributed by atoms with Gasteiger partial charge in [-0.05, 0) is 69.4 Å². The highest BCUT2D eigenvalue weighted by Gasteiger charge is 2.12. The van der Waals surface area contributed by atoms with E-state index in [1.807, 2.05) is 63.2 Å². The fourth-order valence-corrected chi connectivity index (χ4v) is 2.99. The standard InChI is InChI=1S/C21H23N3O2/c1-13-10-18(15-7-5-6-8-20(15)25)22-19-11-17(14(2)9-16(13)19)23-21(26)12-24(3)4/h5-11,25H,12H2,1-4H3,(H,23,26). The number of amides is 1. The molecule has 26 heavy (non-hydrogen) atoms. The minimum atomic E-state index is -0.0639. The summed E-state index contributed by atoms with van der Waals surface area (Å²) in [6.45, 7) is 4.32. The molecule has 5 nitrogen and oxygen atoms in total. The van der Waals surface area contributed by atoms with Gasteiger partial charge in [0.05, 0.1) is 17.8 Å². The Morgan fingerprint density at radius 2 is 1.85 bits per heavy atom. The molecule has 0 aliphatic heterocycles. The lowest BCUT2D eigenvalue weighted by molar-refractivity contribution is -0.116. The van der Waals surface area contributed by atoms with Gasteiger partial charge in [0.2, 0.25) is 5.91 Å². The molecule has 3 rings (SSSR count). The van der Waals surface area contributed by atoms with Crippen LogP contribution in [0, 0.1) is 13.8 Å². The van der Waals surface area contributed by atoms with Gasteiger partial charge in [-0.25, -0.2) is 4.98 Å². The third-order valence-electron chi connectivity index (χ3n) is 4.28. The predicted octanol–water partition coefficient (Wildman–Crippen LogP) is 3.72. The minimum Gasteiger partial charge on any atom is -0.507 e. The van der Waals surface area contributed by atoms with Crippen LogP contribution in [0.3, 0.4) is 0 Å².